The van der Waals surface area contributed by atoms with Gasteiger partial charge in [-0.05, 0) is 164 Å². The highest BCUT2D eigenvalue weighted by Gasteiger charge is 2.65. The zero-order valence-electron chi connectivity index (χ0n) is 31.9. The maximum atomic E-state index is 12.8. The Morgan fingerprint density at radius 3 is 1.98 bits per heavy atom. The van der Waals surface area contributed by atoms with Crippen molar-refractivity contribution >= 4 is 39.2 Å². The smallest absolute Gasteiger partial charge is 0.292 e. The van der Waals surface area contributed by atoms with E-state index in [9.17, 15) is 4.79 Å². The van der Waals surface area contributed by atoms with Gasteiger partial charge in [-0.2, -0.15) is 0 Å². The highest BCUT2D eigenvalue weighted by molar-refractivity contribution is 6.71. The molecule has 0 saturated heterocycles. The van der Waals surface area contributed by atoms with Crippen LogP contribution in [0.3, 0.4) is 0 Å². The second-order valence-corrected chi connectivity index (χ2v) is 37.6. The SMILES string of the molecule is C[C@H](CCC(=O)O[Si](C)(C)C)[C@H]1CCC2C3C(O[Si](C)(C)C)C=C4C[C@@H](O[Si](C)(C)C)CC[C@]4(C)C3C[C@H](O[Si](C)(C)C)[C@@]21C. The van der Waals surface area contributed by atoms with Gasteiger partial charge in [0, 0.05) is 12.5 Å². The van der Waals surface area contributed by atoms with E-state index in [1.165, 1.54) is 19.3 Å². The van der Waals surface area contributed by atoms with E-state index in [4.69, 9.17) is 17.7 Å². The van der Waals surface area contributed by atoms with E-state index in [2.05, 4.69) is 105 Å². The number of hydrogen-bond acceptors (Lipinski definition) is 5. The lowest BCUT2D eigenvalue weighted by molar-refractivity contribution is -0.150. The Labute approximate surface area is 281 Å². The van der Waals surface area contributed by atoms with Crippen LogP contribution in [0.5, 0.6) is 0 Å². The fourth-order valence-corrected chi connectivity index (χ4v) is 14.4. The van der Waals surface area contributed by atoms with E-state index in [0.29, 0.717) is 42.1 Å². The fourth-order valence-electron chi connectivity index (χ4n) is 10.2. The molecule has 4 rings (SSSR count). The lowest BCUT2D eigenvalue weighted by Crippen LogP contribution is -2.62. The molecule has 4 aliphatic rings. The van der Waals surface area contributed by atoms with Crippen LogP contribution in [0, 0.1) is 40.4 Å². The van der Waals surface area contributed by atoms with Crippen LogP contribution < -0.4 is 0 Å². The molecule has 45 heavy (non-hydrogen) atoms. The number of fused-ring (bicyclic) bond motifs is 5. The predicted octanol–water partition coefficient (Wildman–Crippen LogP) is 10.2. The molecule has 3 fully saturated rings. The molecule has 4 aliphatic carbocycles. The molecule has 0 aromatic heterocycles. The maximum absolute atomic E-state index is 12.8. The predicted molar refractivity (Wildman–Crippen MR) is 198 cm³/mol. The van der Waals surface area contributed by atoms with E-state index in [0.717, 1.165) is 25.7 Å². The summed E-state index contributed by atoms with van der Waals surface area (Å²) < 4.78 is 27.2. The van der Waals surface area contributed by atoms with Crippen molar-refractivity contribution in [3.05, 3.63) is 11.6 Å². The fraction of sp³-hybridized carbons (Fsp3) is 0.917. The number of carbonyl (C=O) groups is 1. The largest absolute Gasteiger partial charge is 0.520 e. The highest BCUT2D eigenvalue weighted by Crippen LogP contribution is 2.68. The molecular formula is C36H70O5Si4. The van der Waals surface area contributed by atoms with Gasteiger partial charge in [-0.1, -0.05) is 32.4 Å². The van der Waals surface area contributed by atoms with Gasteiger partial charge in [-0.25, -0.2) is 0 Å². The van der Waals surface area contributed by atoms with Crippen molar-refractivity contribution in [1.82, 2.24) is 0 Å². The van der Waals surface area contributed by atoms with Gasteiger partial charge in [0.1, 0.15) is 0 Å². The first-order chi connectivity index (χ1) is 20.3. The quantitative estimate of drug-likeness (QED) is 0.159. The molecule has 9 heteroatoms. The average Bonchev–Trinajstić information content (AvgIpc) is 3.18. The number of rotatable bonds is 11. The van der Waals surface area contributed by atoms with E-state index < -0.39 is 33.3 Å². The van der Waals surface area contributed by atoms with Crippen LogP contribution in [0.25, 0.3) is 0 Å². The summed E-state index contributed by atoms with van der Waals surface area (Å²) in [6.45, 7) is 35.1. The van der Waals surface area contributed by atoms with Crippen LogP contribution in [-0.4, -0.2) is 57.6 Å². The van der Waals surface area contributed by atoms with Crippen LogP contribution in [-0.2, 0) is 22.5 Å². The molecule has 0 radical (unpaired) electrons. The summed E-state index contributed by atoms with van der Waals surface area (Å²) in [4.78, 5) is 12.8. The molecule has 0 amide bonds. The van der Waals surface area contributed by atoms with E-state index in [1.54, 1.807) is 5.57 Å². The molecule has 10 atom stereocenters. The zero-order chi connectivity index (χ0) is 34.0. The van der Waals surface area contributed by atoms with E-state index in [-0.39, 0.29) is 29.0 Å². The summed E-state index contributed by atoms with van der Waals surface area (Å²) in [5.74, 6) is 2.62. The Balaban J connectivity index is 1.71. The van der Waals surface area contributed by atoms with Crippen LogP contribution in [0.4, 0.5) is 0 Å². The second kappa shape index (κ2) is 13.0. The first-order valence-electron chi connectivity index (χ1n) is 18.3. The van der Waals surface area contributed by atoms with Crippen molar-refractivity contribution in [2.75, 3.05) is 0 Å². The summed E-state index contributed by atoms with van der Waals surface area (Å²) in [5, 5.41) is 0. The van der Waals surface area contributed by atoms with Gasteiger partial charge in [0.05, 0.1) is 12.2 Å². The third-order valence-electron chi connectivity index (χ3n) is 11.6. The first-order valence-corrected chi connectivity index (χ1v) is 31.9. The van der Waals surface area contributed by atoms with Crippen molar-refractivity contribution < 1.29 is 22.5 Å². The molecule has 0 bridgehead atoms. The summed E-state index contributed by atoms with van der Waals surface area (Å²) in [6, 6.07) is 0. The monoisotopic (exact) mass is 694 g/mol. The number of hydrogen-bond donors (Lipinski definition) is 0. The van der Waals surface area contributed by atoms with E-state index in [1.807, 2.05) is 0 Å². The van der Waals surface area contributed by atoms with Gasteiger partial charge in [0.2, 0.25) is 8.32 Å². The molecule has 3 saturated carbocycles. The summed E-state index contributed by atoms with van der Waals surface area (Å²) >= 11 is 0. The highest BCUT2D eigenvalue weighted by atomic mass is 28.4. The minimum Gasteiger partial charge on any atom is -0.520 e. The Bertz CT molecular complexity index is 1100. The number of carbonyl (C=O) groups excluding carboxylic acids is 1. The van der Waals surface area contributed by atoms with Gasteiger partial charge < -0.3 is 17.7 Å². The molecule has 0 aliphatic heterocycles. The maximum Gasteiger partial charge on any atom is 0.292 e. The zero-order valence-corrected chi connectivity index (χ0v) is 35.9. The minimum atomic E-state index is -1.88. The molecule has 4 unspecified atom stereocenters. The Morgan fingerprint density at radius 2 is 1.42 bits per heavy atom. The van der Waals surface area contributed by atoms with E-state index >= 15 is 0 Å². The van der Waals surface area contributed by atoms with Gasteiger partial charge in [0.25, 0.3) is 5.97 Å². The molecule has 5 nitrogen and oxygen atoms in total. The van der Waals surface area contributed by atoms with Gasteiger partial charge in [-0.3, -0.25) is 4.79 Å². The lowest BCUT2D eigenvalue weighted by atomic mass is 9.45. The van der Waals surface area contributed by atoms with Crippen LogP contribution in [0.15, 0.2) is 11.6 Å². The molecule has 260 valence electrons. The Morgan fingerprint density at radius 1 is 0.822 bits per heavy atom. The molecule has 0 heterocycles. The topological polar surface area (TPSA) is 54.0 Å². The molecule has 0 N–H and O–H groups in total. The average molecular weight is 695 g/mol. The van der Waals surface area contributed by atoms with Crippen molar-refractivity contribution in [2.24, 2.45) is 40.4 Å². The lowest BCUT2D eigenvalue weighted by Gasteiger charge is -2.63. The van der Waals surface area contributed by atoms with Crippen LogP contribution >= 0.6 is 0 Å². The van der Waals surface area contributed by atoms with Crippen molar-refractivity contribution in [3.8, 4) is 0 Å². The Kier molecular flexibility index (Phi) is 10.9. The first kappa shape index (κ1) is 37.8. The van der Waals surface area contributed by atoms with Crippen molar-refractivity contribution in [3.63, 3.8) is 0 Å². The van der Waals surface area contributed by atoms with Crippen molar-refractivity contribution in [2.45, 2.75) is 169 Å². The normalized spacial score (nSPS) is 38.1. The summed E-state index contributed by atoms with van der Waals surface area (Å²) in [7, 11) is -7.12. The van der Waals surface area contributed by atoms with Crippen molar-refractivity contribution in [1.29, 1.82) is 0 Å². The molecule has 0 aromatic rings. The van der Waals surface area contributed by atoms with Gasteiger partial charge in [-0.15, -0.1) is 0 Å². The van der Waals surface area contributed by atoms with Gasteiger partial charge >= 0.3 is 0 Å². The van der Waals surface area contributed by atoms with Crippen LogP contribution in [0.1, 0.15) is 72.1 Å². The molecule has 0 spiro atoms. The molecule has 0 aromatic carbocycles. The third kappa shape index (κ3) is 8.77. The summed E-state index contributed by atoms with van der Waals surface area (Å²) in [5.41, 5.74) is 1.86. The standard InChI is InChI=1S/C36H70O5Si4/c1-25(16-19-33(37)41-45(13,14)15)28-17-18-29-34-30(24-32(36(28,29)3)40-44(10,11)12)35(2)21-20-27(38-42(4,5)6)22-26(35)23-31(34)39-43(7,8)9/h23,25,27-32,34H,16-22,24H2,1-15H3/t25-,27+,28-,29?,30?,31?,32+,34?,35+,36-/m1/s1. The van der Waals surface area contributed by atoms with Crippen LogP contribution in [0.2, 0.25) is 78.6 Å². The van der Waals surface area contributed by atoms with Gasteiger partial charge in [0.15, 0.2) is 25.0 Å². The second-order valence-electron chi connectivity index (χ2n) is 19.8. The molecular weight excluding hydrogens is 625 g/mol. The third-order valence-corrected chi connectivity index (χ3v) is 15.5. The minimum absolute atomic E-state index is 0.00509. The summed E-state index contributed by atoms with van der Waals surface area (Å²) in [6.07, 6.45) is 11.8. The Hall–Kier alpha value is -0.0425.